The summed E-state index contributed by atoms with van der Waals surface area (Å²) in [5, 5.41) is 20.4. The Morgan fingerprint density at radius 1 is 1.03 bits per heavy atom. The van der Waals surface area contributed by atoms with Crippen molar-refractivity contribution in [2.24, 2.45) is 0 Å². The van der Waals surface area contributed by atoms with Crippen molar-refractivity contribution >= 4 is 34.5 Å². The van der Waals surface area contributed by atoms with E-state index in [9.17, 15) is 10.0 Å². The van der Waals surface area contributed by atoms with E-state index in [-0.39, 0.29) is 17.1 Å². The summed E-state index contributed by atoms with van der Waals surface area (Å²) >= 11 is 0. The minimum atomic E-state index is -0.370. The van der Waals surface area contributed by atoms with Gasteiger partial charge in [-0.3, -0.25) is 5.32 Å². The van der Waals surface area contributed by atoms with Gasteiger partial charge in [0.05, 0.1) is 40.6 Å². The van der Waals surface area contributed by atoms with Crippen LogP contribution >= 0.6 is 0 Å². The fourth-order valence-corrected chi connectivity index (χ4v) is 3.75. The number of rotatable bonds is 7. The maximum Gasteiger partial charge on any atom is 0.320 e. The number of benzene rings is 1. The molecule has 180 valence electrons. The Morgan fingerprint density at radius 3 is 2.35 bits per heavy atom. The van der Waals surface area contributed by atoms with Crippen LogP contribution in [0.5, 0.6) is 17.2 Å². The summed E-state index contributed by atoms with van der Waals surface area (Å²) in [7, 11) is 4.62. The predicted octanol–water partition coefficient (Wildman–Crippen LogP) is 1.46. The Morgan fingerprint density at radius 2 is 1.71 bits per heavy atom. The van der Waals surface area contributed by atoms with E-state index in [2.05, 4.69) is 30.9 Å². The zero-order chi connectivity index (χ0) is 24.1. The van der Waals surface area contributed by atoms with Crippen LogP contribution in [0.15, 0.2) is 30.5 Å². The van der Waals surface area contributed by atoms with Crippen molar-refractivity contribution in [2.45, 2.75) is 18.9 Å². The van der Waals surface area contributed by atoms with Gasteiger partial charge in [0.25, 0.3) is 0 Å². The first-order chi connectivity index (χ1) is 16.5. The van der Waals surface area contributed by atoms with Gasteiger partial charge in [-0.05, 0) is 12.1 Å². The molecular weight excluding hydrogens is 442 g/mol. The van der Waals surface area contributed by atoms with Crippen molar-refractivity contribution in [2.75, 3.05) is 45.1 Å². The Hall–Kier alpha value is -3.90. The van der Waals surface area contributed by atoms with E-state index >= 15 is 0 Å². The summed E-state index contributed by atoms with van der Waals surface area (Å²) in [6, 6.07) is 6.50. The summed E-state index contributed by atoms with van der Waals surface area (Å²) in [6.45, 7) is 0.993. The Balaban J connectivity index is 1.49. The fraction of sp³-hybridized carbons (Fsp3) is 0.364. The fourth-order valence-electron chi connectivity index (χ4n) is 3.75. The molecule has 2 aromatic heterocycles. The highest BCUT2D eigenvalue weighted by atomic mass is 16.5. The third kappa shape index (κ3) is 5.35. The first-order valence-corrected chi connectivity index (χ1v) is 10.8. The predicted molar refractivity (Wildman–Crippen MR) is 126 cm³/mol. The summed E-state index contributed by atoms with van der Waals surface area (Å²) in [6.07, 6.45) is 2.88. The van der Waals surface area contributed by atoms with Crippen LogP contribution in [0.3, 0.4) is 0 Å². The van der Waals surface area contributed by atoms with Crippen molar-refractivity contribution in [1.82, 2.24) is 20.3 Å². The molecule has 0 radical (unpaired) electrons. The number of piperidine rings is 1. The number of aromatic nitrogens is 3. The number of urea groups is 1. The topological polar surface area (TPSA) is 147 Å². The van der Waals surface area contributed by atoms with Crippen LogP contribution < -0.4 is 35.2 Å². The van der Waals surface area contributed by atoms with E-state index in [1.807, 2.05) is 0 Å². The van der Waals surface area contributed by atoms with Gasteiger partial charge in [0.2, 0.25) is 5.75 Å². The average molecular weight is 470 g/mol. The summed E-state index contributed by atoms with van der Waals surface area (Å²) in [5.74, 6) is 2.27. The number of nitrogens with zero attached hydrogens (tertiary/aromatic N) is 3. The molecule has 0 saturated carbocycles. The number of quaternary nitrogens is 1. The van der Waals surface area contributed by atoms with E-state index in [0.29, 0.717) is 71.7 Å². The van der Waals surface area contributed by atoms with Crippen molar-refractivity contribution < 1.29 is 24.1 Å². The molecule has 0 atom stereocenters. The van der Waals surface area contributed by atoms with Crippen LogP contribution in [0.25, 0.3) is 11.2 Å². The molecular formula is C22H27N7O5. The van der Waals surface area contributed by atoms with Crippen LogP contribution in [0, 0.1) is 5.21 Å². The van der Waals surface area contributed by atoms with Gasteiger partial charge in [0.1, 0.15) is 11.3 Å². The second kappa shape index (κ2) is 10.4. The zero-order valence-electron chi connectivity index (χ0n) is 19.2. The first kappa shape index (κ1) is 23.3. The molecule has 0 aliphatic carbocycles. The quantitative estimate of drug-likeness (QED) is 0.378. The number of carbonyl (C=O) groups excluding carboxylic acids is 1. The Bertz CT molecular complexity index is 1140. The monoisotopic (exact) mass is 469 g/mol. The molecule has 1 saturated heterocycles. The lowest BCUT2D eigenvalue weighted by Crippen LogP contribution is -3.08. The number of fused-ring (bicyclic) bond motifs is 1. The smallest absolute Gasteiger partial charge is 0.320 e. The van der Waals surface area contributed by atoms with E-state index in [1.54, 1.807) is 44.7 Å². The molecule has 3 heterocycles. The number of methoxy groups -OCH3 is 3. The minimum absolute atomic E-state index is 0.0211. The number of carbonyl (C=O) groups is 1. The van der Waals surface area contributed by atoms with Gasteiger partial charge in [-0.15, -0.1) is 0 Å². The normalized spacial score (nSPS) is 17.6. The second-order valence-electron chi connectivity index (χ2n) is 7.74. The van der Waals surface area contributed by atoms with Gasteiger partial charge in [-0.1, -0.05) is 0 Å². The minimum Gasteiger partial charge on any atom is -0.634 e. The number of hydrogen-bond acceptors (Lipinski definition) is 9. The number of hydrogen-bond donors (Lipinski definition) is 4. The third-order valence-corrected chi connectivity index (χ3v) is 5.46. The highest BCUT2D eigenvalue weighted by Crippen LogP contribution is 2.40. The van der Waals surface area contributed by atoms with Gasteiger partial charge in [-0.2, -0.15) is 0 Å². The summed E-state index contributed by atoms with van der Waals surface area (Å²) < 4.78 is 16.1. The Labute approximate surface area is 196 Å². The van der Waals surface area contributed by atoms with Gasteiger partial charge in [0, 0.05) is 36.7 Å². The number of amides is 2. The molecule has 0 bridgehead atoms. The number of pyridine rings is 1. The highest BCUT2D eigenvalue weighted by Gasteiger charge is 2.20. The largest absolute Gasteiger partial charge is 0.634 e. The molecule has 4 rings (SSSR count). The van der Waals surface area contributed by atoms with Gasteiger partial charge >= 0.3 is 6.03 Å². The molecule has 4 N–H and O–H groups in total. The summed E-state index contributed by atoms with van der Waals surface area (Å²) in [4.78, 5) is 25.6. The van der Waals surface area contributed by atoms with Crippen LogP contribution in [0.4, 0.5) is 22.1 Å². The van der Waals surface area contributed by atoms with Gasteiger partial charge in [-0.25, -0.2) is 19.7 Å². The van der Waals surface area contributed by atoms with E-state index < -0.39 is 0 Å². The molecule has 1 aliphatic rings. The number of nitrogens with one attached hydrogen (secondary N) is 4. The van der Waals surface area contributed by atoms with E-state index in [4.69, 9.17) is 14.2 Å². The zero-order valence-corrected chi connectivity index (χ0v) is 19.2. The number of ether oxygens (including phenoxy) is 3. The molecule has 2 amide bonds. The van der Waals surface area contributed by atoms with Crippen molar-refractivity contribution in [3.8, 4) is 17.2 Å². The van der Waals surface area contributed by atoms with Crippen molar-refractivity contribution in [3.63, 3.8) is 0 Å². The molecule has 0 unspecified atom stereocenters. The maximum atomic E-state index is 12.3. The average Bonchev–Trinajstić information content (AvgIpc) is 2.84. The summed E-state index contributed by atoms with van der Waals surface area (Å²) in [5.41, 5.74) is 1.59. The third-order valence-electron chi connectivity index (χ3n) is 5.46. The lowest BCUT2D eigenvalue weighted by Gasteiger charge is -2.31. The molecule has 3 aromatic rings. The molecule has 1 aliphatic heterocycles. The molecule has 12 heteroatoms. The van der Waals surface area contributed by atoms with E-state index in [1.165, 1.54) is 7.11 Å². The van der Waals surface area contributed by atoms with Crippen LogP contribution in [-0.4, -0.2) is 61.4 Å². The lowest BCUT2D eigenvalue weighted by atomic mass is 10.1. The van der Waals surface area contributed by atoms with Gasteiger partial charge < -0.3 is 35.1 Å². The maximum absolute atomic E-state index is 12.3. The molecule has 1 aromatic carbocycles. The van der Waals surface area contributed by atoms with Crippen LogP contribution in [0.1, 0.15) is 12.8 Å². The molecule has 0 spiro atoms. The van der Waals surface area contributed by atoms with Crippen molar-refractivity contribution in [1.29, 1.82) is 0 Å². The van der Waals surface area contributed by atoms with Crippen LogP contribution in [0.2, 0.25) is 0 Å². The Kier molecular flexibility index (Phi) is 7.09. The van der Waals surface area contributed by atoms with E-state index in [0.717, 1.165) is 0 Å². The molecule has 1 fully saturated rings. The standard InChI is InChI=1S/C22H27N7O5/c1-32-16-10-14(11-17(33-2)20(16)34-3)24-19-12-23-15-4-5-18(26-21(15)27-19)28-22(30)25-13-6-8-29(31)9-7-13/h4-5,10-13,29H,6-9H2,1-3H3,(H3,24,25,26,27,28,30). The van der Waals surface area contributed by atoms with Crippen LogP contribution in [-0.2, 0) is 0 Å². The highest BCUT2D eigenvalue weighted by molar-refractivity contribution is 5.89. The number of hydroxylamine groups is 2. The molecule has 12 nitrogen and oxygen atoms in total. The first-order valence-electron chi connectivity index (χ1n) is 10.8. The van der Waals surface area contributed by atoms with Gasteiger partial charge in [0.15, 0.2) is 23.0 Å². The number of anilines is 3. The second-order valence-corrected chi connectivity index (χ2v) is 7.74. The lowest BCUT2D eigenvalue weighted by molar-refractivity contribution is -0.853. The van der Waals surface area contributed by atoms with Crippen molar-refractivity contribution in [3.05, 3.63) is 35.7 Å². The molecule has 34 heavy (non-hydrogen) atoms. The SMILES string of the molecule is COc1cc(Nc2cnc3ccc(NC(=O)NC4CC[NH+]([O-])CC4)nc3n2)cc(OC)c1OC.